The van der Waals surface area contributed by atoms with Crippen molar-refractivity contribution in [3.8, 4) is 0 Å². The highest BCUT2D eigenvalue weighted by Gasteiger charge is 2.66. The summed E-state index contributed by atoms with van der Waals surface area (Å²) in [4.78, 5) is 26.1. The lowest BCUT2D eigenvalue weighted by molar-refractivity contribution is -0.350. The molecule has 0 spiro atoms. The lowest BCUT2D eigenvalue weighted by atomic mass is 9.69. The molecule has 2 aromatic rings. The number of esters is 1. The summed E-state index contributed by atoms with van der Waals surface area (Å²) >= 11 is 0. The first-order valence-electron chi connectivity index (χ1n) is 9.10. The van der Waals surface area contributed by atoms with E-state index in [0.29, 0.717) is 6.42 Å². The molecule has 2 aromatic carbocycles. The lowest BCUT2D eigenvalue weighted by Gasteiger charge is -2.54. The number of hydrogen-bond acceptors (Lipinski definition) is 5. The van der Waals surface area contributed by atoms with Crippen LogP contribution in [0.4, 0.5) is 0 Å². The minimum atomic E-state index is -1.72. The van der Waals surface area contributed by atoms with Crippen LogP contribution in [0.2, 0.25) is 0 Å². The Morgan fingerprint density at radius 3 is 2.22 bits per heavy atom. The van der Waals surface area contributed by atoms with Crippen LogP contribution in [-0.2, 0) is 23.8 Å². The van der Waals surface area contributed by atoms with Crippen LogP contribution in [-0.4, -0.2) is 30.3 Å². The number of Topliss-reactive ketones (excluding diaryl/α,β-unsaturated/α-hetero) is 1. The van der Waals surface area contributed by atoms with Crippen LogP contribution in [0.1, 0.15) is 42.9 Å². The van der Waals surface area contributed by atoms with Crippen LogP contribution in [0, 0.1) is 0 Å². The van der Waals surface area contributed by atoms with Crippen molar-refractivity contribution in [2.24, 2.45) is 0 Å². The molecule has 140 valence electrons. The number of ether oxygens (including phenoxy) is 3. The molecule has 0 aliphatic carbocycles. The highest BCUT2D eigenvalue weighted by Crippen LogP contribution is 2.55. The number of ketones is 1. The molecular formula is C22H22O5. The molecule has 2 bridgehead atoms. The van der Waals surface area contributed by atoms with E-state index in [2.05, 4.69) is 0 Å². The topological polar surface area (TPSA) is 61.8 Å². The molecule has 0 amide bonds. The fourth-order valence-electron chi connectivity index (χ4n) is 4.25. The van der Waals surface area contributed by atoms with Gasteiger partial charge in [-0.3, -0.25) is 4.79 Å². The zero-order chi connectivity index (χ0) is 19.1. The average Bonchev–Trinajstić information content (AvgIpc) is 2.71. The summed E-state index contributed by atoms with van der Waals surface area (Å²) in [5.74, 6) is -2.61. The molecule has 0 aromatic heterocycles. The molecule has 0 saturated carbocycles. The first-order chi connectivity index (χ1) is 13.0. The Kier molecular flexibility index (Phi) is 4.36. The van der Waals surface area contributed by atoms with Gasteiger partial charge in [-0.25, -0.2) is 4.79 Å². The summed E-state index contributed by atoms with van der Waals surface area (Å²) in [5, 5.41) is 0. The monoisotopic (exact) mass is 366 g/mol. The van der Waals surface area contributed by atoms with Gasteiger partial charge in [-0.05, 0) is 18.1 Å². The van der Waals surface area contributed by atoms with Gasteiger partial charge < -0.3 is 14.2 Å². The molecule has 27 heavy (non-hydrogen) atoms. The zero-order valence-corrected chi connectivity index (χ0v) is 15.4. The number of benzene rings is 2. The van der Waals surface area contributed by atoms with Gasteiger partial charge in [-0.2, -0.15) is 0 Å². The quantitative estimate of drug-likeness (QED) is 0.614. The third-order valence-electron chi connectivity index (χ3n) is 5.49. The van der Waals surface area contributed by atoms with E-state index in [4.69, 9.17) is 14.2 Å². The second-order valence-corrected chi connectivity index (χ2v) is 7.22. The number of carbonyl (C=O) groups excluding carboxylic acids is 2. The molecule has 4 rings (SSSR count). The second kappa shape index (κ2) is 6.59. The molecule has 0 N–H and O–H groups in total. The van der Waals surface area contributed by atoms with Gasteiger partial charge in [-0.15, -0.1) is 0 Å². The van der Waals surface area contributed by atoms with Crippen LogP contribution in [0.25, 0.3) is 0 Å². The molecule has 5 heteroatoms. The molecule has 2 heterocycles. The van der Waals surface area contributed by atoms with Crippen molar-refractivity contribution in [2.45, 2.75) is 43.2 Å². The summed E-state index contributed by atoms with van der Waals surface area (Å²) in [5.41, 5.74) is -0.0279. The van der Waals surface area contributed by atoms with Crippen LogP contribution >= 0.6 is 0 Å². The molecule has 5 nitrogen and oxygen atoms in total. The van der Waals surface area contributed by atoms with E-state index in [9.17, 15) is 9.59 Å². The number of methoxy groups -OCH3 is 1. The Morgan fingerprint density at radius 1 is 1.04 bits per heavy atom. The van der Waals surface area contributed by atoms with Crippen LogP contribution in [0.15, 0.2) is 60.7 Å². The Balaban J connectivity index is 1.96. The van der Waals surface area contributed by atoms with Crippen molar-refractivity contribution in [3.05, 3.63) is 71.8 Å². The molecule has 2 aliphatic heterocycles. The first-order valence-corrected chi connectivity index (χ1v) is 9.10. The van der Waals surface area contributed by atoms with Crippen molar-refractivity contribution in [2.75, 3.05) is 7.11 Å². The van der Waals surface area contributed by atoms with Gasteiger partial charge in [0.1, 0.15) is 0 Å². The van der Waals surface area contributed by atoms with Gasteiger partial charge in [0.25, 0.3) is 0 Å². The predicted molar refractivity (Wildman–Crippen MR) is 97.9 cm³/mol. The molecular weight excluding hydrogens is 344 g/mol. The van der Waals surface area contributed by atoms with Crippen molar-refractivity contribution < 1.29 is 23.8 Å². The smallest absolute Gasteiger partial charge is 0.346 e. The molecule has 2 fully saturated rings. The average molecular weight is 366 g/mol. The minimum absolute atomic E-state index is 0.205. The van der Waals surface area contributed by atoms with Gasteiger partial charge in [0.2, 0.25) is 5.60 Å². The lowest BCUT2D eigenvalue weighted by Crippen LogP contribution is -2.67. The summed E-state index contributed by atoms with van der Waals surface area (Å²) in [6.45, 7) is 1.79. The molecule has 2 aliphatic rings. The highest BCUT2D eigenvalue weighted by molar-refractivity contribution is 6.09. The number of hydrogen-bond donors (Lipinski definition) is 0. The van der Waals surface area contributed by atoms with Crippen molar-refractivity contribution in [1.29, 1.82) is 0 Å². The van der Waals surface area contributed by atoms with Crippen molar-refractivity contribution in [1.82, 2.24) is 0 Å². The maximum absolute atomic E-state index is 13.1. The Bertz CT molecular complexity index is 840. The normalized spacial score (nSPS) is 32.7. The van der Waals surface area contributed by atoms with E-state index in [-0.39, 0.29) is 12.2 Å². The van der Waals surface area contributed by atoms with Gasteiger partial charge in [0.15, 0.2) is 11.6 Å². The fraction of sp³-hybridized carbons (Fsp3) is 0.364. The molecule has 0 unspecified atom stereocenters. The molecule has 4 atom stereocenters. The van der Waals surface area contributed by atoms with E-state index in [1.54, 1.807) is 6.92 Å². The van der Waals surface area contributed by atoms with Crippen LogP contribution < -0.4 is 0 Å². The van der Waals surface area contributed by atoms with Crippen molar-refractivity contribution in [3.63, 3.8) is 0 Å². The fourth-order valence-corrected chi connectivity index (χ4v) is 4.25. The third-order valence-corrected chi connectivity index (χ3v) is 5.49. The van der Waals surface area contributed by atoms with E-state index < -0.39 is 29.4 Å². The van der Waals surface area contributed by atoms with Gasteiger partial charge in [0.05, 0.1) is 19.1 Å². The maximum atomic E-state index is 13.1. The van der Waals surface area contributed by atoms with E-state index in [0.717, 1.165) is 11.1 Å². The summed E-state index contributed by atoms with van der Waals surface area (Å²) in [6.07, 6.45) is 0.0852. The number of rotatable bonds is 3. The summed E-state index contributed by atoms with van der Waals surface area (Å²) in [7, 11) is 1.29. The summed E-state index contributed by atoms with van der Waals surface area (Å²) in [6, 6.07) is 19.1. The van der Waals surface area contributed by atoms with Gasteiger partial charge in [0, 0.05) is 12.8 Å². The van der Waals surface area contributed by atoms with Gasteiger partial charge >= 0.3 is 5.97 Å². The van der Waals surface area contributed by atoms with Crippen LogP contribution in [0.5, 0.6) is 0 Å². The van der Waals surface area contributed by atoms with E-state index in [1.807, 2.05) is 60.7 Å². The Labute approximate surface area is 158 Å². The van der Waals surface area contributed by atoms with E-state index >= 15 is 0 Å². The standard InChI is InChI=1S/C22H22O5/c1-21-14-13-17(23)22(27-21,20(24)25-2)18(15-9-5-3-6-10-15)19(26-21)16-11-7-4-8-12-16/h3-12,18-19H,13-14H2,1-2H3/t18-,19-,21+,22-/m0/s1. The predicted octanol–water partition coefficient (Wildman–Crippen LogP) is 3.55. The van der Waals surface area contributed by atoms with Gasteiger partial charge in [-0.1, -0.05) is 60.7 Å². The maximum Gasteiger partial charge on any atom is 0.346 e. The second-order valence-electron chi connectivity index (χ2n) is 7.22. The van der Waals surface area contributed by atoms with Crippen molar-refractivity contribution >= 4 is 11.8 Å². The number of carbonyl (C=O) groups is 2. The minimum Gasteiger partial charge on any atom is -0.467 e. The third kappa shape index (κ3) is 2.78. The number of fused-ring (bicyclic) bond motifs is 2. The molecule has 0 radical (unpaired) electrons. The SMILES string of the molecule is COC(=O)[C@]12O[C@](C)(CCC1=O)O[C@@H](c1ccccc1)[C@@H]2c1ccccc1. The molecule has 2 saturated heterocycles. The summed E-state index contributed by atoms with van der Waals surface area (Å²) < 4.78 is 17.6. The largest absolute Gasteiger partial charge is 0.467 e. The zero-order valence-electron chi connectivity index (χ0n) is 15.4. The Hall–Kier alpha value is -2.50. The van der Waals surface area contributed by atoms with Crippen LogP contribution in [0.3, 0.4) is 0 Å². The van der Waals surface area contributed by atoms with E-state index in [1.165, 1.54) is 7.11 Å². The Morgan fingerprint density at radius 2 is 1.63 bits per heavy atom. The highest BCUT2D eigenvalue weighted by atomic mass is 16.7. The first kappa shape index (κ1) is 17.9.